The van der Waals surface area contributed by atoms with Crippen LogP contribution in [0.2, 0.25) is 0 Å². The van der Waals surface area contributed by atoms with Crippen molar-refractivity contribution >= 4 is 56.8 Å². The van der Waals surface area contributed by atoms with Crippen LogP contribution in [0, 0.1) is 17.5 Å². The summed E-state index contributed by atoms with van der Waals surface area (Å²) in [6, 6.07) is 8.13. The number of hydrogen-bond acceptors (Lipinski definition) is 5. The van der Waals surface area contributed by atoms with E-state index in [1.165, 1.54) is 30.0 Å². The molecule has 0 aliphatic rings. The van der Waals surface area contributed by atoms with Crippen LogP contribution >= 0.6 is 35.5 Å². The van der Waals surface area contributed by atoms with Crippen molar-refractivity contribution in [1.29, 1.82) is 0 Å². The fourth-order valence-electron chi connectivity index (χ4n) is 2.85. The van der Waals surface area contributed by atoms with E-state index in [-0.39, 0.29) is 36.1 Å². The van der Waals surface area contributed by atoms with E-state index in [1.807, 2.05) is 19.0 Å². The lowest BCUT2D eigenvalue weighted by atomic mass is 10.3. The number of fused-ring (bicyclic) bond motifs is 1. The van der Waals surface area contributed by atoms with Gasteiger partial charge in [-0.15, -0.1) is 24.2 Å². The van der Waals surface area contributed by atoms with Gasteiger partial charge in [0, 0.05) is 29.7 Å². The fourth-order valence-corrected chi connectivity index (χ4v) is 4.74. The molecule has 3 aromatic rings. The van der Waals surface area contributed by atoms with Gasteiger partial charge >= 0.3 is 0 Å². The average molecular weight is 490 g/mol. The number of rotatable bonds is 9. The number of nitrogens with zero attached hydrogens (tertiary/aromatic N) is 3. The predicted molar refractivity (Wildman–Crippen MR) is 124 cm³/mol. The van der Waals surface area contributed by atoms with Gasteiger partial charge in [-0.05, 0) is 57.4 Å². The first-order chi connectivity index (χ1) is 14.3. The van der Waals surface area contributed by atoms with E-state index in [9.17, 15) is 18.0 Å². The third kappa shape index (κ3) is 7.10. The molecule has 1 heterocycles. The maximum Gasteiger partial charge on any atom is 0.229 e. The van der Waals surface area contributed by atoms with Crippen molar-refractivity contribution < 1.29 is 18.0 Å². The summed E-state index contributed by atoms with van der Waals surface area (Å²) in [6.45, 7) is 1.21. The van der Waals surface area contributed by atoms with Gasteiger partial charge in [-0.2, -0.15) is 0 Å². The van der Waals surface area contributed by atoms with Gasteiger partial charge in [0.1, 0.15) is 17.2 Å². The average Bonchev–Trinajstić information content (AvgIpc) is 3.10. The van der Waals surface area contributed by atoms with E-state index >= 15 is 0 Å². The Balaban J connectivity index is 0.00000341. The highest BCUT2D eigenvalue weighted by atomic mass is 35.5. The van der Waals surface area contributed by atoms with E-state index in [1.54, 1.807) is 17.0 Å². The quantitative estimate of drug-likeness (QED) is 0.366. The summed E-state index contributed by atoms with van der Waals surface area (Å²) >= 11 is 2.56. The van der Waals surface area contributed by atoms with Crippen LogP contribution in [0.5, 0.6) is 0 Å². The summed E-state index contributed by atoms with van der Waals surface area (Å²) in [5.41, 5.74) is 0.0718. The molecule has 0 bridgehead atoms. The van der Waals surface area contributed by atoms with E-state index in [0.717, 1.165) is 35.3 Å². The molecule has 0 radical (unpaired) electrons. The molecule has 1 amide bonds. The van der Waals surface area contributed by atoms with Gasteiger partial charge in [-0.25, -0.2) is 18.2 Å². The molecule has 0 atom stereocenters. The minimum absolute atomic E-state index is 0. The van der Waals surface area contributed by atoms with Crippen molar-refractivity contribution in [2.75, 3.05) is 37.8 Å². The van der Waals surface area contributed by atoms with Gasteiger partial charge in [0.15, 0.2) is 10.9 Å². The molecule has 0 fully saturated rings. The highest BCUT2D eigenvalue weighted by Gasteiger charge is 2.21. The summed E-state index contributed by atoms with van der Waals surface area (Å²) in [6.07, 6.45) is 0.966. The van der Waals surface area contributed by atoms with Crippen molar-refractivity contribution in [2.45, 2.75) is 17.7 Å². The molecule has 31 heavy (non-hydrogen) atoms. The minimum atomic E-state index is -0.736. The first-order valence-electron chi connectivity index (χ1n) is 9.42. The summed E-state index contributed by atoms with van der Waals surface area (Å²) < 4.78 is 41.0. The molecule has 0 spiro atoms. The lowest BCUT2D eigenvalue weighted by Crippen LogP contribution is -2.33. The van der Waals surface area contributed by atoms with E-state index in [2.05, 4.69) is 4.98 Å². The van der Waals surface area contributed by atoms with Gasteiger partial charge in [-0.1, -0.05) is 11.3 Å². The fraction of sp³-hybridized carbons (Fsp3) is 0.333. The number of aromatic nitrogens is 1. The monoisotopic (exact) mass is 489 g/mol. The Morgan fingerprint density at radius 2 is 1.77 bits per heavy atom. The molecule has 0 saturated carbocycles. The van der Waals surface area contributed by atoms with E-state index in [0.29, 0.717) is 22.1 Å². The largest absolute Gasteiger partial charge is 0.309 e. The number of anilines is 1. The van der Waals surface area contributed by atoms with Crippen LogP contribution in [0.1, 0.15) is 12.8 Å². The van der Waals surface area contributed by atoms with Crippen LogP contribution in [0.3, 0.4) is 0 Å². The molecule has 0 aliphatic heterocycles. The second-order valence-corrected chi connectivity index (χ2v) is 9.16. The van der Waals surface area contributed by atoms with E-state index < -0.39 is 11.6 Å². The molecule has 0 saturated heterocycles. The van der Waals surface area contributed by atoms with Crippen LogP contribution in [-0.4, -0.2) is 48.7 Å². The highest BCUT2D eigenvalue weighted by molar-refractivity contribution is 7.99. The Morgan fingerprint density at radius 3 is 2.45 bits per heavy atom. The molecule has 0 aliphatic carbocycles. The second kappa shape index (κ2) is 11.7. The Morgan fingerprint density at radius 1 is 1.06 bits per heavy atom. The number of carbonyl (C=O) groups is 1. The van der Waals surface area contributed by atoms with Crippen LogP contribution in [-0.2, 0) is 4.79 Å². The van der Waals surface area contributed by atoms with Gasteiger partial charge < -0.3 is 4.90 Å². The summed E-state index contributed by atoms with van der Waals surface area (Å²) in [7, 11) is 3.89. The number of hydrogen-bond donors (Lipinski definition) is 0. The molecule has 0 unspecified atom stereocenters. The van der Waals surface area contributed by atoms with Crippen molar-refractivity contribution in [1.82, 2.24) is 9.88 Å². The van der Waals surface area contributed by atoms with Crippen LogP contribution < -0.4 is 4.90 Å². The SMILES string of the molecule is CN(C)CCCN(C(=O)CCSc1ccc(F)cc1)c1nc2c(F)cc(F)cc2s1.Cl. The first-order valence-corrected chi connectivity index (χ1v) is 11.2. The summed E-state index contributed by atoms with van der Waals surface area (Å²) in [5, 5.41) is 0.366. The van der Waals surface area contributed by atoms with Gasteiger partial charge in [0.25, 0.3) is 0 Å². The topological polar surface area (TPSA) is 36.4 Å². The van der Waals surface area contributed by atoms with Gasteiger partial charge in [0.05, 0.1) is 4.70 Å². The molecular formula is C21H23ClF3N3OS2. The number of amides is 1. The smallest absolute Gasteiger partial charge is 0.229 e. The number of carbonyl (C=O) groups excluding carboxylic acids is 1. The Kier molecular flexibility index (Phi) is 9.61. The second-order valence-electron chi connectivity index (χ2n) is 6.99. The van der Waals surface area contributed by atoms with E-state index in [4.69, 9.17) is 0 Å². The Hall–Kier alpha value is -1.81. The Labute approximate surface area is 193 Å². The third-order valence-corrected chi connectivity index (χ3v) is 6.36. The maximum absolute atomic E-state index is 14.1. The highest BCUT2D eigenvalue weighted by Crippen LogP contribution is 2.32. The number of thiazole rings is 1. The summed E-state index contributed by atoms with van der Waals surface area (Å²) in [4.78, 5) is 21.6. The van der Waals surface area contributed by atoms with Crippen LogP contribution in [0.4, 0.5) is 18.3 Å². The van der Waals surface area contributed by atoms with Crippen molar-refractivity contribution in [3.8, 4) is 0 Å². The lowest BCUT2D eigenvalue weighted by molar-refractivity contribution is -0.118. The predicted octanol–water partition coefficient (Wildman–Crippen LogP) is 5.60. The maximum atomic E-state index is 14.1. The molecule has 2 aromatic carbocycles. The van der Waals surface area contributed by atoms with Crippen LogP contribution in [0.25, 0.3) is 10.2 Å². The van der Waals surface area contributed by atoms with Gasteiger partial charge in [-0.3, -0.25) is 9.69 Å². The standard InChI is InChI=1S/C21H22F3N3OS2.ClH/c1-26(2)9-3-10-27(19(28)8-11-29-16-6-4-14(22)5-7-16)21-25-20-17(24)12-15(23)13-18(20)30-21;/h4-7,12-13H,3,8-11H2,1-2H3;1H. The molecule has 0 N–H and O–H groups in total. The van der Waals surface area contributed by atoms with Gasteiger partial charge in [0.2, 0.25) is 5.91 Å². The number of halogens is 4. The molecule has 168 valence electrons. The number of benzene rings is 2. The zero-order valence-corrected chi connectivity index (χ0v) is 19.6. The zero-order valence-electron chi connectivity index (χ0n) is 17.1. The summed E-state index contributed by atoms with van der Waals surface area (Å²) in [5.74, 6) is -1.33. The molecule has 10 heteroatoms. The van der Waals surface area contributed by atoms with Crippen molar-refractivity contribution in [2.24, 2.45) is 0 Å². The minimum Gasteiger partial charge on any atom is -0.309 e. The molecule has 1 aromatic heterocycles. The first kappa shape index (κ1) is 25.5. The lowest BCUT2D eigenvalue weighted by Gasteiger charge is -2.21. The molecule has 3 rings (SSSR count). The molecular weight excluding hydrogens is 467 g/mol. The number of thioether (sulfide) groups is 1. The molecule has 4 nitrogen and oxygen atoms in total. The van der Waals surface area contributed by atoms with Crippen molar-refractivity contribution in [3.63, 3.8) is 0 Å². The Bertz CT molecular complexity index is 1020. The van der Waals surface area contributed by atoms with Crippen LogP contribution in [0.15, 0.2) is 41.3 Å². The third-order valence-electron chi connectivity index (χ3n) is 4.32. The zero-order chi connectivity index (χ0) is 21.7. The normalized spacial score (nSPS) is 11.0. The van der Waals surface area contributed by atoms with Crippen molar-refractivity contribution in [3.05, 3.63) is 53.8 Å².